The zero-order valence-electron chi connectivity index (χ0n) is 16.2. The molecule has 0 radical (unpaired) electrons. The van der Waals surface area contributed by atoms with Gasteiger partial charge in [0.2, 0.25) is 5.91 Å². The molecule has 2 aromatic rings. The van der Waals surface area contributed by atoms with Crippen molar-refractivity contribution in [2.24, 2.45) is 0 Å². The molecule has 0 aliphatic carbocycles. The Kier molecular flexibility index (Phi) is 5.95. The smallest absolute Gasteiger partial charge is 0.325 e. The summed E-state index contributed by atoms with van der Waals surface area (Å²) >= 11 is 0. The van der Waals surface area contributed by atoms with Gasteiger partial charge in [0.15, 0.2) is 11.5 Å². The average molecular weight is 395 g/mol. The van der Waals surface area contributed by atoms with Gasteiger partial charge in [-0.1, -0.05) is 24.3 Å². The van der Waals surface area contributed by atoms with Crippen molar-refractivity contribution in [2.75, 3.05) is 31.6 Å². The number of rotatable bonds is 4. The first-order valence-electron chi connectivity index (χ1n) is 9.98. The second-order valence-corrected chi connectivity index (χ2v) is 7.25. The Morgan fingerprint density at radius 2 is 1.79 bits per heavy atom. The minimum absolute atomic E-state index is 0.120. The summed E-state index contributed by atoms with van der Waals surface area (Å²) in [4.78, 5) is 26.5. The second kappa shape index (κ2) is 8.96. The van der Waals surface area contributed by atoms with Crippen LogP contribution in [0.4, 0.5) is 10.5 Å². The van der Waals surface area contributed by atoms with E-state index in [-0.39, 0.29) is 18.5 Å². The molecule has 1 fully saturated rings. The standard InChI is InChI=1S/C22H25N3O4/c26-21(24-22(27)23-17-6-2-1-3-7-17)15-25-11-4-8-18(25)16-9-10-19-20(14-16)29-13-5-12-28-19/h1-3,6-7,9-10,14,18H,4-5,8,11-13,15H2,(H2,23,24,26,27)/t18-/m0/s1. The predicted octanol–water partition coefficient (Wildman–Crippen LogP) is 3.33. The van der Waals surface area contributed by atoms with Crippen LogP contribution in [0.15, 0.2) is 48.5 Å². The molecule has 7 heteroatoms. The number of nitrogens with one attached hydrogen (secondary N) is 2. The first-order valence-corrected chi connectivity index (χ1v) is 9.98. The van der Waals surface area contributed by atoms with Crippen molar-refractivity contribution in [2.45, 2.75) is 25.3 Å². The number of ether oxygens (including phenoxy) is 2. The van der Waals surface area contributed by atoms with E-state index in [0.717, 1.165) is 42.9 Å². The van der Waals surface area contributed by atoms with Crippen LogP contribution in [0.2, 0.25) is 0 Å². The van der Waals surface area contributed by atoms with Crippen LogP contribution in [-0.2, 0) is 4.79 Å². The van der Waals surface area contributed by atoms with Gasteiger partial charge in [-0.2, -0.15) is 0 Å². The number of imide groups is 1. The molecule has 0 bridgehead atoms. The second-order valence-electron chi connectivity index (χ2n) is 7.25. The number of carbonyl (C=O) groups is 2. The van der Waals surface area contributed by atoms with Crippen LogP contribution in [0.1, 0.15) is 30.9 Å². The van der Waals surface area contributed by atoms with Crippen molar-refractivity contribution < 1.29 is 19.1 Å². The fourth-order valence-electron chi connectivity index (χ4n) is 3.81. The molecule has 2 aromatic carbocycles. The molecular formula is C22H25N3O4. The largest absolute Gasteiger partial charge is 0.490 e. The van der Waals surface area contributed by atoms with Gasteiger partial charge >= 0.3 is 6.03 Å². The summed E-state index contributed by atoms with van der Waals surface area (Å²) in [6.07, 6.45) is 2.83. The van der Waals surface area contributed by atoms with Crippen molar-refractivity contribution >= 4 is 17.6 Å². The lowest BCUT2D eigenvalue weighted by Gasteiger charge is -2.24. The molecule has 7 nitrogen and oxygen atoms in total. The van der Waals surface area contributed by atoms with Crippen molar-refractivity contribution in [1.29, 1.82) is 0 Å². The van der Waals surface area contributed by atoms with Crippen LogP contribution in [0.25, 0.3) is 0 Å². The van der Waals surface area contributed by atoms with Gasteiger partial charge in [0, 0.05) is 18.2 Å². The minimum atomic E-state index is -0.521. The van der Waals surface area contributed by atoms with Gasteiger partial charge in [0.05, 0.1) is 19.8 Å². The van der Waals surface area contributed by atoms with Crippen LogP contribution < -0.4 is 20.1 Å². The average Bonchev–Trinajstić information content (AvgIpc) is 3.03. The Hall–Kier alpha value is -3.06. The third-order valence-corrected chi connectivity index (χ3v) is 5.15. The number of fused-ring (bicyclic) bond motifs is 1. The number of likely N-dealkylation sites (tertiary alicyclic amines) is 1. The Bertz CT molecular complexity index is 872. The molecule has 2 aliphatic heterocycles. The Morgan fingerprint density at radius 3 is 2.62 bits per heavy atom. The number of hydrogen-bond donors (Lipinski definition) is 2. The Labute approximate surface area is 170 Å². The van der Waals surface area contributed by atoms with Gasteiger partial charge in [-0.3, -0.25) is 15.0 Å². The lowest BCUT2D eigenvalue weighted by molar-refractivity contribution is -0.121. The zero-order valence-corrected chi connectivity index (χ0v) is 16.2. The normalized spacial score (nSPS) is 18.7. The highest BCUT2D eigenvalue weighted by atomic mass is 16.5. The summed E-state index contributed by atoms with van der Waals surface area (Å²) in [6.45, 7) is 2.28. The van der Waals surface area contributed by atoms with E-state index in [1.54, 1.807) is 12.1 Å². The van der Waals surface area contributed by atoms with E-state index in [1.165, 1.54) is 0 Å². The van der Waals surface area contributed by atoms with E-state index in [2.05, 4.69) is 15.5 Å². The quantitative estimate of drug-likeness (QED) is 0.830. The van der Waals surface area contributed by atoms with Gasteiger partial charge in [0.1, 0.15) is 0 Å². The molecule has 0 unspecified atom stereocenters. The number of urea groups is 1. The van der Waals surface area contributed by atoms with E-state index < -0.39 is 6.03 Å². The SMILES string of the molecule is O=C(CN1CCC[C@H]1c1ccc2c(c1)OCCCO2)NC(=O)Nc1ccccc1. The number of amides is 3. The number of nitrogens with zero attached hydrogens (tertiary/aromatic N) is 1. The molecule has 0 aromatic heterocycles. The van der Waals surface area contributed by atoms with Crippen LogP contribution in [0, 0.1) is 0 Å². The van der Waals surface area contributed by atoms with Crippen molar-refractivity contribution in [3.8, 4) is 11.5 Å². The van der Waals surface area contributed by atoms with Crippen molar-refractivity contribution in [1.82, 2.24) is 10.2 Å². The number of carbonyl (C=O) groups excluding carboxylic acids is 2. The van der Waals surface area contributed by atoms with Gasteiger partial charge < -0.3 is 14.8 Å². The number of benzene rings is 2. The topological polar surface area (TPSA) is 79.9 Å². The highest BCUT2D eigenvalue weighted by Crippen LogP contribution is 2.37. The summed E-state index contributed by atoms with van der Waals surface area (Å²) in [6, 6.07) is 14.6. The van der Waals surface area contributed by atoms with E-state index in [1.807, 2.05) is 36.4 Å². The summed E-state index contributed by atoms with van der Waals surface area (Å²) in [5.41, 5.74) is 1.75. The molecule has 1 atom stereocenters. The maximum absolute atomic E-state index is 12.4. The molecule has 3 amide bonds. The highest BCUT2D eigenvalue weighted by molar-refractivity contribution is 6.01. The van der Waals surface area contributed by atoms with E-state index in [4.69, 9.17) is 9.47 Å². The lowest BCUT2D eigenvalue weighted by atomic mass is 10.0. The van der Waals surface area contributed by atoms with Gasteiger partial charge in [-0.15, -0.1) is 0 Å². The molecule has 0 spiro atoms. The summed E-state index contributed by atoms with van der Waals surface area (Å²) in [5.74, 6) is 1.21. The van der Waals surface area contributed by atoms with Crippen LogP contribution in [0.5, 0.6) is 11.5 Å². The fourth-order valence-corrected chi connectivity index (χ4v) is 3.81. The molecule has 29 heavy (non-hydrogen) atoms. The first kappa shape index (κ1) is 19.3. The molecule has 2 N–H and O–H groups in total. The third kappa shape index (κ3) is 4.86. The van der Waals surface area contributed by atoms with Crippen LogP contribution in [0.3, 0.4) is 0 Å². The zero-order chi connectivity index (χ0) is 20.1. The molecule has 2 aliphatic rings. The first-order chi connectivity index (χ1) is 14.2. The third-order valence-electron chi connectivity index (χ3n) is 5.15. The predicted molar refractivity (Wildman–Crippen MR) is 109 cm³/mol. The summed E-state index contributed by atoms with van der Waals surface area (Å²) < 4.78 is 11.5. The Morgan fingerprint density at radius 1 is 1.00 bits per heavy atom. The van der Waals surface area contributed by atoms with Gasteiger partial charge in [-0.05, 0) is 49.2 Å². The fraction of sp³-hybridized carbons (Fsp3) is 0.364. The lowest BCUT2D eigenvalue weighted by Crippen LogP contribution is -2.41. The molecule has 4 rings (SSSR count). The van der Waals surface area contributed by atoms with E-state index in [0.29, 0.717) is 18.9 Å². The Balaban J connectivity index is 1.36. The van der Waals surface area contributed by atoms with Crippen molar-refractivity contribution in [3.05, 3.63) is 54.1 Å². The molecular weight excluding hydrogens is 370 g/mol. The summed E-state index contributed by atoms with van der Waals surface area (Å²) in [7, 11) is 0. The maximum atomic E-state index is 12.4. The highest BCUT2D eigenvalue weighted by Gasteiger charge is 2.29. The van der Waals surface area contributed by atoms with Crippen LogP contribution >= 0.6 is 0 Å². The monoisotopic (exact) mass is 395 g/mol. The van der Waals surface area contributed by atoms with Gasteiger partial charge in [-0.25, -0.2) is 4.79 Å². The molecule has 152 valence electrons. The molecule has 1 saturated heterocycles. The molecule has 2 heterocycles. The summed E-state index contributed by atoms with van der Waals surface area (Å²) in [5, 5.41) is 5.07. The van der Waals surface area contributed by atoms with Gasteiger partial charge in [0.25, 0.3) is 0 Å². The molecule has 0 saturated carbocycles. The number of anilines is 1. The maximum Gasteiger partial charge on any atom is 0.325 e. The number of para-hydroxylation sites is 1. The van der Waals surface area contributed by atoms with Crippen molar-refractivity contribution in [3.63, 3.8) is 0 Å². The minimum Gasteiger partial charge on any atom is -0.490 e. The number of hydrogen-bond acceptors (Lipinski definition) is 5. The van der Waals surface area contributed by atoms with Crippen LogP contribution in [-0.4, -0.2) is 43.1 Å². The van der Waals surface area contributed by atoms with E-state index in [9.17, 15) is 9.59 Å². The van der Waals surface area contributed by atoms with E-state index >= 15 is 0 Å².